The van der Waals surface area contributed by atoms with E-state index in [0.717, 1.165) is 26.1 Å². The molecule has 0 atom stereocenters. The van der Waals surface area contributed by atoms with Gasteiger partial charge in [-0.1, -0.05) is 47.1 Å². The van der Waals surface area contributed by atoms with Crippen LogP contribution in [0.4, 0.5) is 5.69 Å². The number of anilines is 1. The first-order chi connectivity index (χ1) is 15.0. The van der Waals surface area contributed by atoms with Gasteiger partial charge in [0.1, 0.15) is 5.75 Å². The number of carbonyl (C=O) groups excluding carboxylic acids is 1. The second kappa shape index (κ2) is 9.83. The Hall–Kier alpha value is -2.38. The Kier molecular flexibility index (Phi) is 6.92. The molecule has 2 aromatic carbocycles. The Labute approximate surface area is 198 Å². The monoisotopic (exact) mass is 488 g/mol. The molecule has 3 aromatic rings. The molecule has 158 valence electrons. The predicted octanol–water partition coefficient (Wildman–Crippen LogP) is 6.76. The van der Waals surface area contributed by atoms with E-state index in [1.807, 2.05) is 52.4 Å². The maximum Gasteiger partial charge on any atom is 0.252 e. The SMILES string of the molecule is O=C(NCCc1ccsc1Cl)c1cc(N2C=CSC(c3cccc(O)c3)=C2)ccc1Cl. The summed E-state index contributed by atoms with van der Waals surface area (Å²) in [6, 6.07) is 14.4. The molecular weight excluding hydrogens is 471 g/mol. The van der Waals surface area contributed by atoms with E-state index >= 15 is 0 Å². The zero-order chi connectivity index (χ0) is 21.8. The highest BCUT2D eigenvalue weighted by atomic mass is 35.5. The van der Waals surface area contributed by atoms with Gasteiger partial charge < -0.3 is 15.3 Å². The molecule has 0 saturated heterocycles. The van der Waals surface area contributed by atoms with Gasteiger partial charge in [-0.3, -0.25) is 4.79 Å². The minimum absolute atomic E-state index is 0.217. The number of rotatable bonds is 6. The van der Waals surface area contributed by atoms with Crippen molar-refractivity contribution in [3.05, 3.63) is 97.8 Å². The van der Waals surface area contributed by atoms with Crippen molar-refractivity contribution in [3.8, 4) is 5.75 Å². The fourth-order valence-electron chi connectivity index (χ4n) is 3.08. The number of phenols is 1. The molecule has 0 unspecified atom stereocenters. The van der Waals surface area contributed by atoms with Crippen molar-refractivity contribution >= 4 is 62.8 Å². The van der Waals surface area contributed by atoms with Crippen LogP contribution in [0, 0.1) is 0 Å². The molecule has 2 N–H and O–H groups in total. The Morgan fingerprint density at radius 2 is 2.00 bits per heavy atom. The molecule has 0 spiro atoms. The highest BCUT2D eigenvalue weighted by Gasteiger charge is 2.15. The molecule has 1 aromatic heterocycles. The van der Waals surface area contributed by atoms with Crippen LogP contribution in [0.5, 0.6) is 5.75 Å². The maximum atomic E-state index is 12.7. The number of nitrogens with zero attached hydrogens (tertiary/aromatic N) is 1. The van der Waals surface area contributed by atoms with Gasteiger partial charge in [-0.2, -0.15) is 0 Å². The number of nitrogens with one attached hydrogen (secondary N) is 1. The second-order valence-electron chi connectivity index (χ2n) is 6.74. The number of hydrogen-bond acceptors (Lipinski definition) is 5. The van der Waals surface area contributed by atoms with Gasteiger partial charge in [0.05, 0.1) is 14.9 Å². The Bertz CT molecular complexity index is 1170. The van der Waals surface area contributed by atoms with Crippen molar-refractivity contribution in [2.24, 2.45) is 0 Å². The minimum atomic E-state index is -0.231. The quantitative estimate of drug-likeness (QED) is 0.402. The number of amides is 1. The molecule has 31 heavy (non-hydrogen) atoms. The van der Waals surface area contributed by atoms with Gasteiger partial charge in [0.25, 0.3) is 5.91 Å². The van der Waals surface area contributed by atoms with E-state index in [4.69, 9.17) is 23.2 Å². The van der Waals surface area contributed by atoms with E-state index in [9.17, 15) is 9.90 Å². The highest BCUT2D eigenvalue weighted by molar-refractivity contribution is 8.11. The van der Waals surface area contributed by atoms with Gasteiger partial charge in [-0.05, 0) is 64.7 Å². The lowest BCUT2D eigenvalue weighted by Crippen LogP contribution is -2.26. The van der Waals surface area contributed by atoms with Gasteiger partial charge in [0.2, 0.25) is 0 Å². The first-order valence-electron chi connectivity index (χ1n) is 9.44. The molecule has 0 bridgehead atoms. The van der Waals surface area contributed by atoms with Crippen molar-refractivity contribution < 1.29 is 9.90 Å². The van der Waals surface area contributed by atoms with Crippen molar-refractivity contribution in [2.75, 3.05) is 11.4 Å². The number of thioether (sulfide) groups is 1. The summed E-state index contributed by atoms with van der Waals surface area (Å²) in [5.74, 6) is -0.0138. The molecule has 1 aliphatic rings. The molecule has 0 fully saturated rings. The van der Waals surface area contributed by atoms with E-state index in [1.165, 1.54) is 11.3 Å². The van der Waals surface area contributed by atoms with Crippen LogP contribution in [-0.2, 0) is 6.42 Å². The second-order valence-corrected chi connectivity index (χ2v) is 9.62. The Balaban J connectivity index is 1.50. The van der Waals surface area contributed by atoms with Gasteiger partial charge in [-0.15, -0.1) is 11.3 Å². The van der Waals surface area contributed by atoms with E-state index in [2.05, 4.69) is 5.32 Å². The molecule has 0 aliphatic carbocycles. The number of halogens is 2. The number of benzene rings is 2. The summed E-state index contributed by atoms with van der Waals surface area (Å²) in [6.45, 7) is 0.470. The normalized spacial score (nSPS) is 13.2. The lowest BCUT2D eigenvalue weighted by Gasteiger charge is -2.22. The summed E-state index contributed by atoms with van der Waals surface area (Å²) < 4.78 is 0.748. The smallest absolute Gasteiger partial charge is 0.252 e. The summed E-state index contributed by atoms with van der Waals surface area (Å²) in [4.78, 5) is 15.6. The molecule has 0 saturated carbocycles. The number of carbonyl (C=O) groups is 1. The minimum Gasteiger partial charge on any atom is -0.508 e. The lowest BCUT2D eigenvalue weighted by atomic mass is 10.1. The van der Waals surface area contributed by atoms with Crippen LogP contribution < -0.4 is 10.2 Å². The molecule has 1 amide bonds. The van der Waals surface area contributed by atoms with Gasteiger partial charge in [0, 0.05) is 29.5 Å². The van der Waals surface area contributed by atoms with Crippen LogP contribution in [0.15, 0.2) is 71.7 Å². The number of hydrogen-bond donors (Lipinski definition) is 2. The van der Waals surface area contributed by atoms with E-state index in [1.54, 1.807) is 36.0 Å². The number of aromatic hydroxyl groups is 1. The lowest BCUT2D eigenvalue weighted by molar-refractivity contribution is 0.0954. The van der Waals surface area contributed by atoms with Crippen LogP contribution in [0.1, 0.15) is 21.5 Å². The molecule has 4 nitrogen and oxygen atoms in total. The summed E-state index contributed by atoms with van der Waals surface area (Å²) in [6.07, 6.45) is 4.54. The van der Waals surface area contributed by atoms with Crippen LogP contribution in [0.3, 0.4) is 0 Å². The van der Waals surface area contributed by atoms with E-state index < -0.39 is 0 Å². The Morgan fingerprint density at radius 1 is 1.13 bits per heavy atom. The molecular formula is C23H18Cl2N2O2S2. The van der Waals surface area contributed by atoms with Gasteiger partial charge in [-0.25, -0.2) is 0 Å². The molecule has 1 aliphatic heterocycles. The van der Waals surface area contributed by atoms with Crippen molar-refractivity contribution in [1.29, 1.82) is 0 Å². The Morgan fingerprint density at radius 3 is 2.77 bits per heavy atom. The molecule has 8 heteroatoms. The van der Waals surface area contributed by atoms with Crippen molar-refractivity contribution in [1.82, 2.24) is 5.32 Å². The van der Waals surface area contributed by atoms with Crippen molar-refractivity contribution in [3.63, 3.8) is 0 Å². The summed E-state index contributed by atoms with van der Waals surface area (Å²) in [5, 5.41) is 17.0. The summed E-state index contributed by atoms with van der Waals surface area (Å²) >= 11 is 15.5. The summed E-state index contributed by atoms with van der Waals surface area (Å²) in [7, 11) is 0. The van der Waals surface area contributed by atoms with Gasteiger partial charge >= 0.3 is 0 Å². The largest absolute Gasteiger partial charge is 0.508 e. The fraction of sp³-hybridized carbons (Fsp3) is 0.0870. The van der Waals surface area contributed by atoms with Crippen LogP contribution in [0.2, 0.25) is 9.36 Å². The number of phenolic OH excluding ortho intramolecular Hbond substituents is 1. The van der Waals surface area contributed by atoms with Crippen LogP contribution in [-0.4, -0.2) is 17.6 Å². The summed E-state index contributed by atoms with van der Waals surface area (Å²) in [5.41, 5.74) is 3.16. The predicted molar refractivity (Wildman–Crippen MR) is 132 cm³/mol. The standard InChI is InChI=1S/C23H18Cl2N2O2S2/c24-20-5-4-17(13-19(20)23(29)26-8-6-15-7-10-31-22(15)25)27-9-11-30-21(14-27)16-2-1-3-18(28)12-16/h1-5,7,9-14,28H,6,8H2,(H,26,29). The maximum absolute atomic E-state index is 12.7. The topological polar surface area (TPSA) is 52.6 Å². The highest BCUT2D eigenvalue weighted by Crippen LogP contribution is 2.36. The van der Waals surface area contributed by atoms with Crippen molar-refractivity contribution in [2.45, 2.75) is 6.42 Å². The first kappa shape index (κ1) is 21.8. The van der Waals surface area contributed by atoms with E-state index in [-0.39, 0.29) is 11.7 Å². The molecule has 4 rings (SSSR count). The van der Waals surface area contributed by atoms with E-state index in [0.29, 0.717) is 23.6 Å². The zero-order valence-corrected chi connectivity index (χ0v) is 19.4. The third-order valence-electron chi connectivity index (χ3n) is 4.67. The first-order valence-corrected chi connectivity index (χ1v) is 12.0. The zero-order valence-electron chi connectivity index (χ0n) is 16.2. The average molecular weight is 489 g/mol. The third-order valence-corrected chi connectivity index (χ3v) is 7.10. The van der Waals surface area contributed by atoms with Gasteiger partial charge in [0.15, 0.2) is 0 Å². The number of thiophene rings is 1. The van der Waals surface area contributed by atoms with Crippen LogP contribution >= 0.6 is 46.3 Å². The molecule has 0 radical (unpaired) electrons. The average Bonchev–Trinajstić information content (AvgIpc) is 3.19. The molecule has 2 heterocycles. The fourth-order valence-corrected chi connectivity index (χ4v) is 5.05. The van der Waals surface area contributed by atoms with Crippen LogP contribution in [0.25, 0.3) is 4.91 Å². The third kappa shape index (κ3) is 5.28.